The summed E-state index contributed by atoms with van der Waals surface area (Å²) in [6.07, 6.45) is 2.38. The van der Waals surface area contributed by atoms with E-state index in [4.69, 9.17) is 17.3 Å². The number of carbonyl (C=O) groups excluding carboxylic acids is 1. The van der Waals surface area contributed by atoms with Gasteiger partial charge in [-0.1, -0.05) is 31.5 Å². The van der Waals surface area contributed by atoms with Crippen molar-refractivity contribution in [3.63, 3.8) is 0 Å². The summed E-state index contributed by atoms with van der Waals surface area (Å²) in [5.74, 6) is 0.455. The van der Waals surface area contributed by atoms with Crippen molar-refractivity contribution in [2.75, 3.05) is 12.3 Å². The molecule has 2 rings (SSSR count). The number of benzene rings is 1. The predicted octanol–water partition coefficient (Wildman–Crippen LogP) is 3.09. The molecule has 0 aliphatic heterocycles. The zero-order valence-corrected chi connectivity index (χ0v) is 11.6. The van der Waals surface area contributed by atoms with Gasteiger partial charge in [-0.2, -0.15) is 0 Å². The summed E-state index contributed by atoms with van der Waals surface area (Å²) in [6, 6.07) is 5.12. The van der Waals surface area contributed by atoms with Gasteiger partial charge in [0.1, 0.15) is 0 Å². The zero-order chi connectivity index (χ0) is 13.3. The molecule has 0 spiro atoms. The maximum absolute atomic E-state index is 12.1. The molecule has 18 heavy (non-hydrogen) atoms. The number of rotatable bonds is 4. The summed E-state index contributed by atoms with van der Waals surface area (Å²) in [4.78, 5) is 12.1. The molecule has 1 saturated carbocycles. The van der Waals surface area contributed by atoms with E-state index in [9.17, 15) is 4.79 Å². The van der Waals surface area contributed by atoms with Gasteiger partial charge in [-0.05, 0) is 36.3 Å². The first-order chi connectivity index (χ1) is 8.46. The van der Waals surface area contributed by atoms with Crippen molar-refractivity contribution < 1.29 is 4.79 Å². The lowest BCUT2D eigenvalue weighted by Crippen LogP contribution is -2.33. The number of nitrogens with two attached hydrogens (primary N) is 1. The van der Waals surface area contributed by atoms with Crippen LogP contribution >= 0.6 is 11.6 Å². The summed E-state index contributed by atoms with van der Waals surface area (Å²) in [6.45, 7) is 5.12. The zero-order valence-electron chi connectivity index (χ0n) is 10.8. The van der Waals surface area contributed by atoms with E-state index in [0.717, 1.165) is 6.54 Å². The average Bonchev–Trinajstić information content (AvgIpc) is 3.11. The molecular weight excluding hydrogens is 248 g/mol. The lowest BCUT2D eigenvalue weighted by Gasteiger charge is -2.20. The molecule has 0 bridgehead atoms. The molecule has 0 heterocycles. The first kappa shape index (κ1) is 13.2. The normalized spacial score (nSPS) is 16.7. The standard InChI is InChI=1S/C14H19ClN2O/c1-9(2)14(6-7-14)8-17-13(18)10-4-3-5-11(15)12(10)16/h3-5,9H,6-8,16H2,1-2H3,(H,17,18). The topological polar surface area (TPSA) is 55.1 Å². The third-order valence-corrected chi connectivity index (χ3v) is 4.35. The minimum Gasteiger partial charge on any atom is -0.397 e. The number of halogens is 1. The summed E-state index contributed by atoms with van der Waals surface area (Å²) in [5.41, 5.74) is 6.91. The summed E-state index contributed by atoms with van der Waals surface area (Å²) in [5, 5.41) is 3.40. The molecule has 0 unspecified atom stereocenters. The third kappa shape index (κ3) is 2.46. The highest BCUT2D eigenvalue weighted by Gasteiger charge is 2.45. The number of hydrogen-bond donors (Lipinski definition) is 2. The number of nitrogen functional groups attached to an aromatic ring is 1. The minimum atomic E-state index is -0.137. The minimum absolute atomic E-state index is 0.137. The lowest BCUT2D eigenvalue weighted by molar-refractivity contribution is 0.0940. The monoisotopic (exact) mass is 266 g/mol. The number of nitrogens with one attached hydrogen (secondary N) is 1. The second-order valence-electron chi connectivity index (χ2n) is 5.40. The second-order valence-corrected chi connectivity index (χ2v) is 5.81. The Labute approximate surface area is 113 Å². The Balaban J connectivity index is 2.03. The van der Waals surface area contributed by atoms with Gasteiger partial charge in [0.25, 0.3) is 5.91 Å². The van der Waals surface area contributed by atoms with Crippen molar-refractivity contribution in [1.82, 2.24) is 5.32 Å². The lowest BCUT2D eigenvalue weighted by atomic mass is 9.92. The Morgan fingerprint density at radius 3 is 2.72 bits per heavy atom. The van der Waals surface area contributed by atoms with Crippen LogP contribution in [0.25, 0.3) is 0 Å². The Kier molecular flexibility index (Phi) is 3.53. The summed E-state index contributed by atoms with van der Waals surface area (Å²) in [7, 11) is 0. The van der Waals surface area contributed by atoms with E-state index in [1.165, 1.54) is 12.8 Å². The van der Waals surface area contributed by atoms with Crippen LogP contribution < -0.4 is 11.1 Å². The molecule has 0 atom stereocenters. The fourth-order valence-electron chi connectivity index (χ4n) is 2.21. The van der Waals surface area contributed by atoms with Gasteiger partial charge in [0.2, 0.25) is 0 Å². The number of anilines is 1. The average molecular weight is 267 g/mol. The number of amides is 1. The van der Waals surface area contributed by atoms with Gasteiger partial charge in [-0.3, -0.25) is 4.79 Å². The van der Waals surface area contributed by atoms with E-state index < -0.39 is 0 Å². The van der Waals surface area contributed by atoms with Crippen molar-refractivity contribution in [1.29, 1.82) is 0 Å². The Bertz CT molecular complexity index is 467. The molecule has 98 valence electrons. The maximum Gasteiger partial charge on any atom is 0.253 e. The third-order valence-electron chi connectivity index (χ3n) is 4.02. The van der Waals surface area contributed by atoms with Crippen LogP contribution in [0, 0.1) is 11.3 Å². The van der Waals surface area contributed by atoms with Gasteiger partial charge < -0.3 is 11.1 Å². The van der Waals surface area contributed by atoms with E-state index in [2.05, 4.69) is 19.2 Å². The molecule has 0 saturated heterocycles. The van der Waals surface area contributed by atoms with E-state index in [0.29, 0.717) is 27.6 Å². The van der Waals surface area contributed by atoms with E-state index in [1.807, 2.05) is 0 Å². The van der Waals surface area contributed by atoms with Gasteiger partial charge in [-0.15, -0.1) is 0 Å². The van der Waals surface area contributed by atoms with Crippen molar-refractivity contribution in [2.45, 2.75) is 26.7 Å². The van der Waals surface area contributed by atoms with Gasteiger partial charge in [0, 0.05) is 6.54 Å². The molecule has 3 N–H and O–H groups in total. The molecule has 1 aliphatic carbocycles. The highest BCUT2D eigenvalue weighted by atomic mass is 35.5. The Hall–Kier alpha value is -1.22. The fourth-order valence-corrected chi connectivity index (χ4v) is 2.38. The molecular formula is C14H19ClN2O. The van der Waals surface area contributed by atoms with Crippen LogP contribution in [-0.2, 0) is 0 Å². The first-order valence-electron chi connectivity index (χ1n) is 6.28. The number of hydrogen-bond acceptors (Lipinski definition) is 2. The Morgan fingerprint density at radius 1 is 1.50 bits per heavy atom. The molecule has 1 fully saturated rings. The van der Waals surface area contributed by atoms with Crippen molar-refractivity contribution in [3.8, 4) is 0 Å². The first-order valence-corrected chi connectivity index (χ1v) is 6.66. The molecule has 1 aromatic carbocycles. The Morgan fingerprint density at radius 2 is 2.17 bits per heavy atom. The molecule has 1 amide bonds. The van der Waals surface area contributed by atoms with Crippen molar-refractivity contribution in [3.05, 3.63) is 28.8 Å². The van der Waals surface area contributed by atoms with Crippen LogP contribution in [0.5, 0.6) is 0 Å². The predicted molar refractivity (Wildman–Crippen MR) is 74.7 cm³/mol. The van der Waals surface area contributed by atoms with Gasteiger partial charge >= 0.3 is 0 Å². The molecule has 0 aromatic heterocycles. The van der Waals surface area contributed by atoms with E-state index in [1.54, 1.807) is 18.2 Å². The molecule has 4 heteroatoms. The largest absolute Gasteiger partial charge is 0.397 e. The molecule has 0 radical (unpaired) electrons. The van der Waals surface area contributed by atoms with E-state index in [-0.39, 0.29) is 5.91 Å². The van der Waals surface area contributed by atoms with Gasteiger partial charge in [-0.25, -0.2) is 0 Å². The van der Waals surface area contributed by atoms with Gasteiger partial charge in [0.15, 0.2) is 0 Å². The van der Waals surface area contributed by atoms with Crippen LogP contribution in [0.3, 0.4) is 0 Å². The van der Waals surface area contributed by atoms with Crippen LogP contribution in [0.1, 0.15) is 37.0 Å². The van der Waals surface area contributed by atoms with Gasteiger partial charge in [0.05, 0.1) is 16.3 Å². The second kappa shape index (κ2) is 4.81. The highest BCUT2D eigenvalue weighted by Crippen LogP contribution is 2.51. The van der Waals surface area contributed by atoms with Crippen LogP contribution in [-0.4, -0.2) is 12.5 Å². The van der Waals surface area contributed by atoms with Crippen molar-refractivity contribution in [2.24, 2.45) is 11.3 Å². The molecule has 1 aromatic rings. The smallest absolute Gasteiger partial charge is 0.253 e. The molecule has 1 aliphatic rings. The molecule has 3 nitrogen and oxygen atoms in total. The summed E-state index contributed by atoms with van der Waals surface area (Å²) >= 11 is 5.91. The number of carbonyl (C=O) groups is 1. The van der Waals surface area contributed by atoms with Crippen molar-refractivity contribution >= 4 is 23.2 Å². The summed E-state index contributed by atoms with van der Waals surface area (Å²) < 4.78 is 0. The number of para-hydroxylation sites is 1. The van der Waals surface area contributed by atoms with Crippen LogP contribution in [0.15, 0.2) is 18.2 Å². The SMILES string of the molecule is CC(C)C1(CNC(=O)c2cccc(Cl)c2N)CC1. The maximum atomic E-state index is 12.1. The van der Waals surface area contributed by atoms with E-state index >= 15 is 0 Å². The van der Waals surface area contributed by atoms with Crippen LogP contribution in [0.2, 0.25) is 5.02 Å². The van der Waals surface area contributed by atoms with Crippen LogP contribution in [0.4, 0.5) is 5.69 Å². The quantitative estimate of drug-likeness (QED) is 0.823. The highest BCUT2D eigenvalue weighted by molar-refractivity contribution is 6.33. The fraction of sp³-hybridized carbons (Fsp3) is 0.500.